The smallest absolute Gasteiger partial charge is 0.147 e. The van der Waals surface area contributed by atoms with Gasteiger partial charge in [0.1, 0.15) is 16.8 Å². The van der Waals surface area contributed by atoms with Crippen molar-refractivity contribution in [2.24, 2.45) is 5.73 Å². The predicted molar refractivity (Wildman–Crippen MR) is 56.7 cm³/mol. The van der Waals surface area contributed by atoms with E-state index in [4.69, 9.17) is 10.5 Å². The zero-order valence-corrected chi connectivity index (χ0v) is 8.67. The molecule has 2 aromatic rings. The van der Waals surface area contributed by atoms with Crippen LogP contribution in [0.2, 0.25) is 0 Å². The maximum Gasteiger partial charge on any atom is 0.147 e. The van der Waals surface area contributed by atoms with E-state index in [0.29, 0.717) is 6.54 Å². The third-order valence-corrected chi connectivity index (χ3v) is 2.62. The van der Waals surface area contributed by atoms with Gasteiger partial charge in [0.25, 0.3) is 0 Å². The molecular weight excluding hydrogens is 198 g/mol. The summed E-state index contributed by atoms with van der Waals surface area (Å²) in [5.41, 5.74) is 8.40. The summed E-state index contributed by atoms with van der Waals surface area (Å²) in [5, 5.41) is 0. The van der Waals surface area contributed by atoms with Gasteiger partial charge in [-0.2, -0.15) is 8.75 Å². The van der Waals surface area contributed by atoms with Gasteiger partial charge in [0, 0.05) is 0 Å². The molecule has 1 heterocycles. The quantitative estimate of drug-likeness (QED) is 0.825. The van der Waals surface area contributed by atoms with Crippen molar-refractivity contribution in [3.63, 3.8) is 0 Å². The number of hydrogen-bond acceptors (Lipinski definition) is 5. The summed E-state index contributed by atoms with van der Waals surface area (Å²) in [7, 11) is 1.64. The van der Waals surface area contributed by atoms with Gasteiger partial charge in [-0.15, -0.1) is 0 Å². The van der Waals surface area contributed by atoms with Crippen LogP contribution in [0.3, 0.4) is 0 Å². The molecule has 0 spiro atoms. The van der Waals surface area contributed by atoms with Crippen molar-refractivity contribution in [2.75, 3.05) is 13.7 Å². The highest BCUT2D eigenvalue weighted by Crippen LogP contribution is 2.26. The molecule has 0 fully saturated rings. The molecule has 0 amide bonds. The maximum atomic E-state index is 5.51. The van der Waals surface area contributed by atoms with Crippen LogP contribution < -0.4 is 10.5 Å². The van der Waals surface area contributed by atoms with Crippen LogP contribution in [0.1, 0.15) is 5.56 Å². The summed E-state index contributed by atoms with van der Waals surface area (Å²) in [6.07, 6.45) is 0.825. The highest BCUT2D eigenvalue weighted by Gasteiger charge is 2.09. The highest BCUT2D eigenvalue weighted by molar-refractivity contribution is 7.00. The molecule has 0 saturated carbocycles. The van der Waals surface area contributed by atoms with E-state index in [0.717, 1.165) is 28.8 Å². The predicted octanol–water partition coefficient (Wildman–Crippen LogP) is 1.20. The van der Waals surface area contributed by atoms with Gasteiger partial charge in [0.15, 0.2) is 0 Å². The average molecular weight is 209 g/mol. The largest absolute Gasteiger partial charge is 0.494 e. The maximum absolute atomic E-state index is 5.51. The van der Waals surface area contributed by atoms with Crippen molar-refractivity contribution in [1.82, 2.24) is 8.75 Å². The zero-order chi connectivity index (χ0) is 9.97. The van der Waals surface area contributed by atoms with E-state index in [1.165, 1.54) is 11.7 Å². The van der Waals surface area contributed by atoms with E-state index in [9.17, 15) is 0 Å². The molecule has 0 radical (unpaired) electrons. The Bertz CT molecular complexity index is 441. The first kappa shape index (κ1) is 9.36. The van der Waals surface area contributed by atoms with Gasteiger partial charge in [-0.3, -0.25) is 0 Å². The fourth-order valence-corrected chi connectivity index (χ4v) is 2.00. The second-order valence-corrected chi connectivity index (χ2v) is 3.46. The molecule has 74 valence electrons. The molecule has 0 unspecified atom stereocenters. The Morgan fingerprint density at radius 3 is 2.86 bits per heavy atom. The average Bonchev–Trinajstić information content (AvgIpc) is 2.67. The fraction of sp³-hybridized carbons (Fsp3) is 0.333. The van der Waals surface area contributed by atoms with Crippen LogP contribution in [-0.2, 0) is 6.42 Å². The number of rotatable bonds is 3. The normalized spacial score (nSPS) is 10.7. The third-order valence-electron chi connectivity index (χ3n) is 2.10. The standard InChI is InChI=1S/C9H11N3OS/c1-13-7-3-2-6(4-5-10)8-9(7)12-14-11-8/h2-3H,4-5,10H2,1H3. The number of benzene rings is 1. The molecule has 14 heavy (non-hydrogen) atoms. The van der Waals surface area contributed by atoms with Crippen LogP contribution in [0.15, 0.2) is 12.1 Å². The van der Waals surface area contributed by atoms with Crippen molar-refractivity contribution in [2.45, 2.75) is 6.42 Å². The number of methoxy groups -OCH3 is 1. The number of nitrogens with two attached hydrogens (primary N) is 1. The van der Waals surface area contributed by atoms with E-state index >= 15 is 0 Å². The van der Waals surface area contributed by atoms with Crippen LogP contribution in [0.5, 0.6) is 5.75 Å². The van der Waals surface area contributed by atoms with E-state index in [1.54, 1.807) is 7.11 Å². The van der Waals surface area contributed by atoms with Crippen LogP contribution in [-0.4, -0.2) is 22.4 Å². The van der Waals surface area contributed by atoms with Gasteiger partial charge < -0.3 is 10.5 Å². The molecule has 4 nitrogen and oxygen atoms in total. The van der Waals surface area contributed by atoms with Gasteiger partial charge in [-0.1, -0.05) is 6.07 Å². The van der Waals surface area contributed by atoms with Crippen LogP contribution in [0.4, 0.5) is 0 Å². The van der Waals surface area contributed by atoms with Gasteiger partial charge in [-0.05, 0) is 24.6 Å². The summed E-state index contributed by atoms with van der Waals surface area (Å²) in [6.45, 7) is 0.624. The number of nitrogens with zero attached hydrogens (tertiary/aromatic N) is 2. The molecule has 0 atom stereocenters. The Morgan fingerprint density at radius 2 is 2.14 bits per heavy atom. The summed E-state index contributed by atoms with van der Waals surface area (Å²) < 4.78 is 13.6. The molecular formula is C9H11N3OS. The first-order chi connectivity index (χ1) is 6.86. The zero-order valence-electron chi connectivity index (χ0n) is 7.86. The van der Waals surface area contributed by atoms with E-state index in [-0.39, 0.29) is 0 Å². The minimum Gasteiger partial charge on any atom is -0.494 e. The van der Waals surface area contributed by atoms with Gasteiger partial charge in [0.05, 0.1) is 18.8 Å². The summed E-state index contributed by atoms with van der Waals surface area (Å²) in [4.78, 5) is 0. The Balaban J connectivity index is 2.59. The molecule has 1 aromatic carbocycles. The SMILES string of the molecule is COc1ccc(CCN)c2nsnc12. The van der Waals surface area contributed by atoms with E-state index < -0.39 is 0 Å². The second-order valence-electron chi connectivity index (χ2n) is 2.93. The molecule has 0 saturated heterocycles. The van der Waals surface area contributed by atoms with Crippen molar-refractivity contribution in [3.8, 4) is 5.75 Å². The Hall–Kier alpha value is -1.20. The second kappa shape index (κ2) is 3.89. The van der Waals surface area contributed by atoms with Gasteiger partial charge in [-0.25, -0.2) is 0 Å². The highest BCUT2D eigenvalue weighted by atomic mass is 32.1. The summed E-state index contributed by atoms with van der Waals surface area (Å²) in [5.74, 6) is 0.773. The van der Waals surface area contributed by atoms with Crippen molar-refractivity contribution < 1.29 is 4.74 Å². The molecule has 0 bridgehead atoms. The van der Waals surface area contributed by atoms with Gasteiger partial charge in [0.2, 0.25) is 0 Å². The lowest BCUT2D eigenvalue weighted by atomic mass is 10.1. The molecule has 1 aromatic heterocycles. The van der Waals surface area contributed by atoms with E-state index in [2.05, 4.69) is 8.75 Å². The van der Waals surface area contributed by atoms with Crippen molar-refractivity contribution in [1.29, 1.82) is 0 Å². The number of ether oxygens (including phenoxy) is 1. The minimum absolute atomic E-state index is 0.624. The lowest BCUT2D eigenvalue weighted by Gasteiger charge is -2.03. The lowest BCUT2D eigenvalue weighted by molar-refractivity contribution is 0.419. The topological polar surface area (TPSA) is 61.0 Å². The van der Waals surface area contributed by atoms with E-state index in [1.807, 2.05) is 12.1 Å². The van der Waals surface area contributed by atoms with Crippen molar-refractivity contribution in [3.05, 3.63) is 17.7 Å². The van der Waals surface area contributed by atoms with Crippen LogP contribution in [0.25, 0.3) is 11.0 Å². The molecule has 0 aliphatic carbocycles. The van der Waals surface area contributed by atoms with Gasteiger partial charge >= 0.3 is 0 Å². The first-order valence-corrected chi connectivity index (χ1v) is 5.08. The molecule has 2 N–H and O–H groups in total. The molecule has 0 aliphatic rings. The Kier molecular flexibility index (Phi) is 2.60. The first-order valence-electron chi connectivity index (χ1n) is 4.35. The summed E-state index contributed by atoms with van der Waals surface area (Å²) in [6, 6.07) is 3.91. The Morgan fingerprint density at radius 1 is 1.36 bits per heavy atom. The lowest BCUT2D eigenvalue weighted by Crippen LogP contribution is -2.03. The molecule has 2 rings (SSSR count). The molecule has 0 aliphatic heterocycles. The van der Waals surface area contributed by atoms with Crippen LogP contribution in [0, 0.1) is 0 Å². The fourth-order valence-electron chi connectivity index (χ4n) is 1.42. The number of fused-ring (bicyclic) bond motifs is 1. The number of hydrogen-bond donors (Lipinski definition) is 1. The number of aromatic nitrogens is 2. The monoisotopic (exact) mass is 209 g/mol. The minimum atomic E-state index is 0.624. The Labute approximate surface area is 86.0 Å². The van der Waals surface area contributed by atoms with Crippen LogP contribution >= 0.6 is 11.7 Å². The van der Waals surface area contributed by atoms with Crippen molar-refractivity contribution >= 4 is 22.8 Å². The summed E-state index contributed by atoms with van der Waals surface area (Å²) >= 11 is 1.20. The third kappa shape index (κ3) is 1.44. The molecule has 5 heteroatoms.